The van der Waals surface area contributed by atoms with Gasteiger partial charge in [0.1, 0.15) is 0 Å². The van der Waals surface area contributed by atoms with Gasteiger partial charge < -0.3 is 4.52 Å². The summed E-state index contributed by atoms with van der Waals surface area (Å²) < 4.78 is 5.59. The van der Waals surface area contributed by atoms with Gasteiger partial charge in [0, 0.05) is 17.7 Å². The van der Waals surface area contributed by atoms with Crippen molar-refractivity contribution in [3.63, 3.8) is 0 Å². The van der Waals surface area contributed by atoms with Crippen LogP contribution in [0.2, 0.25) is 0 Å². The molecule has 0 fully saturated rings. The van der Waals surface area contributed by atoms with E-state index in [4.69, 9.17) is 4.52 Å². The monoisotopic (exact) mass is 216 g/mol. The summed E-state index contributed by atoms with van der Waals surface area (Å²) in [5, 5.41) is 2.50. The highest BCUT2D eigenvalue weighted by Gasteiger charge is 2.11. The van der Waals surface area contributed by atoms with E-state index in [2.05, 4.69) is 24.3 Å². The van der Waals surface area contributed by atoms with Gasteiger partial charge in [-0.25, -0.2) is 0 Å². The smallest absolute Gasteiger partial charge is 0.0913 e. The van der Waals surface area contributed by atoms with Crippen molar-refractivity contribution in [1.82, 2.24) is 0 Å². The van der Waals surface area contributed by atoms with Crippen LogP contribution in [0.15, 0.2) is 60.7 Å². The molecule has 76 valence electrons. The Bertz CT molecular complexity index is 360. The second-order valence-electron chi connectivity index (χ2n) is 3.15. The zero-order valence-corrected chi connectivity index (χ0v) is 9.52. The Labute approximate surface area is 91.6 Å². The molecule has 0 amide bonds. The summed E-state index contributed by atoms with van der Waals surface area (Å²) >= 11 is 0. The minimum absolute atomic E-state index is 0.649. The van der Waals surface area contributed by atoms with Crippen molar-refractivity contribution >= 4 is 18.8 Å². The third kappa shape index (κ3) is 2.44. The Kier molecular flexibility index (Phi) is 3.49. The summed E-state index contributed by atoms with van der Waals surface area (Å²) in [6.07, 6.45) is 0. The summed E-state index contributed by atoms with van der Waals surface area (Å²) in [5.41, 5.74) is 0. The topological polar surface area (TPSA) is 9.23 Å². The summed E-state index contributed by atoms with van der Waals surface area (Å²) in [5.74, 6) is 0. The number of hydrogen-bond acceptors (Lipinski definition) is 1. The van der Waals surface area contributed by atoms with Crippen LogP contribution >= 0.6 is 8.15 Å². The SMILES string of the molecule is COP(c1ccccc1)c1ccccc1. The quantitative estimate of drug-likeness (QED) is 0.717. The molecule has 2 aromatic carbocycles. The number of hydrogen-bond donors (Lipinski definition) is 0. The Morgan fingerprint density at radius 3 is 1.47 bits per heavy atom. The van der Waals surface area contributed by atoms with Gasteiger partial charge in [-0.2, -0.15) is 0 Å². The second-order valence-corrected chi connectivity index (χ2v) is 5.13. The normalized spacial score (nSPS) is 10.5. The zero-order chi connectivity index (χ0) is 10.5. The highest BCUT2D eigenvalue weighted by atomic mass is 31.1. The molecule has 2 rings (SSSR count). The standard InChI is InChI=1S/C13H13OP/c1-14-15(12-8-4-2-5-9-12)13-10-6-3-7-11-13/h2-11H,1H3. The van der Waals surface area contributed by atoms with E-state index < -0.39 is 8.15 Å². The lowest BCUT2D eigenvalue weighted by molar-refractivity contribution is 0.474. The molecule has 0 aromatic heterocycles. The van der Waals surface area contributed by atoms with Crippen molar-refractivity contribution in [2.75, 3.05) is 7.11 Å². The summed E-state index contributed by atoms with van der Waals surface area (Å²) in [7, 11) is 1.12. The molecule has 0 saturated carbocycles. The van der Waals surface area contributed by atoms with Crippen LogP contribution in [-0.2, 0) is 4.52 Å². The summed E-state index contributed by atoms with van der Waals surface area (Å²) in [4.78, 5) is 0. The fraction of sp³-hybridized carbons (Fsp3) is 0.0769. The van der Waals surface area contributed by atoms with Gasteiger partial charge in [-0.15, -0.1) is 0 Å². The Balaban J connectivity index is 2.34. The molecule has 0 spiro atoms. The number of rotatable bonds is 3. The summed E-state index contributed by atoms with van der Waals surface area (Å²) in [6.45, 7) is 0. The molecule has 1 nitrogen and oxygen atoms in total. The fourth-order valence-electron chi connectivity index (χ4n) is 1.49. The first-order valence-corrected chi connectivity index (χ1v) is 6.12. The van der Waals surface area contributed by atoms with Gasteiger partial charge in [-0.1, -0.05) is 60.7 Å². The van der Waals surface area contributed by atoms with E-state index in [1.54, 1.807) is 7.11 Å². The minimum Gasteiger partial charge on any atom is -0.353 e. The predicted octanol–water partition coefficient (Wildman–Crippen LogP) is 2.68. The van der Waals surface area contributed by atoms with Crippen LogP contribution in [0.4, 0.5) is 0 Å². The maximum absolute atomic E-state index is 5.59. The Morgan fingerprint density at radius 2 is 1.13 bits per heavy atom. The Hall–Kier alpha value is -1.17. The molecule has 2 heteroatoms. The molecule has 2 aromatic rings. The molecule has 0 aliphatic rings. The van der Waals surface area contributed by atoms with Crippen LogP contribution < -0.4 is 10.6 Å². The molecule has 0 N–H and O–H groups in total. The Morgan fingerprint density at radius 1 is 0.733 bits per heavy atom. The van der Waals surface area contributed by atoms with Crippen LogP contribution in [0.3, 0.4) is 0 Å². The zero-order valence-electron chi connectivity index (χ0n) is 8.63. The van der Waals surface area contributed by atoms with Crippen LogP contribution in [0, 0.1) is 0 Å². The molecule has 0 heterocycles. The molecule has 15 heavy (non-hydrogen) atoms. The van der Waals surface area contributed by atoms with Crippen LogP contribution in [-0.4, -0.2) is 7.11 Å². The molecule has 0 aliphatic heterocycles. The lowest BCUT2D eigenvalue weighted by atomic mass is 10.4. The first kappa shape index (κ1) is 10.4. The van der Waals surface area contributed by atoms with E-state index in [-0.39, 0.29) is 0 Å². The molecule has 0 unspecified atom stereocenters. The predicted molar refractivity (Wildman–Crippen MR) is 66.1 cm³/mol. The van der Waals surface area contributed by atoms with Gasteiger partial charge in [-0.05, 0) is 0 Å². The van der Waals surface area contributed by atoms with Crippen molar-refractivity contribution < 1.29 is 4.52 Å². The van der Waals surface area contributed by atoms with Crippen LogP contribution in [0.1, 0.15) is 0 Å². The van der Waals surface area contributed by atoms with Crippen molar-refractivity contribution in [2.24, 2.45) is 0 Å². The molecule has 0 bridgehead atoms. The van der Waals surface area contributed by atoms with E-state index in [0.717, 1.165) is 0 Å². The first-order valence-electron chi connectivity index (χ1n) is 4.86. The highest BCUT2D eigenvalue weighted by Crippen LogP contribution is 2.32. The second kappa shape index (κ2) is 5.06. The lowest BCUT2D eigenvalue weighted by Gasteiger charge is -2.15. The third-order valence-corrected chi connectivity index (χ3v) is 4.06. The molecular weight excluding hydrogens is 203 g/mol. The third-order valence-electron chi connectivity index (χ3n) is 2.16. The summed E-state index contributed by atoms with van der Waals surface area (Å²) in [6, 6.07) is 20.7. The molecule has 0 atom stereocenters. The van der Waals surface area contributed by atoms with E-state index in [0.29, 0.717) is 0 Å². The van der Waals surface area contributed by atoms with Crippen molar-refractivity contribution in [2.45, 2.75) is 0 Å². The first-order chi connectivity index (χ1) is 7.42. The minimum atomic E-state index is -0.649. The number of benzene rings is 2. The van der Waals surface area contributed by atoms with Gasteiger partial charge >= 0.3 is 0 Å². The average Bonchev–Trinajstić information content (AvgIpc) is 2.33. The van der Waals surface area contributed by atoms with E-state index >= 15 is 0 Å². The maximum Gasteiger partial charge on any atom is 0.0913 e. The fourth-order valence-corrected chi connectivity index (χ4v) is 3.09. The van der Waals surface area contributed by atoms with Crippen molar-refractivity contribution in [3.8, 4) is 0 Å². The van der Waals surface area contributed by atoms with Crippen molar-refractivity contribution in [3.05, 3.63) is 60.7 Å². The van der Waals surface area contributed by atoms with Gasteiger partial charge in [0.05, 0.1) is 8.15 Å². The largest absolute Gasteiger partial charge is 0.353 e. The molecule has 0 radical (unpaired) electrons. The maximum atomic E-state index is 5.59. The highest BCUT2D eigenvalue weighted by molar-refractivity contribution is 7.68. The van der Waals surface area contributed by atoms with E-state index in [1.807, 2.05) is 36.4 Å². The molecular formula is C13H13OP. The van der Waals surface area contributed by atoms with E-state index in [1.165, 1.54) is 10.6 Å². The van der Waals surface area contributed by atoms with Crippen molar-refractivity contribution in [1.29, 1.82) is 0 Å². The van der Waals surface area contributed by atoms with Gasteiger partial charge in [0.25, 0.3) is 0 Å². The molecule has 0 aliphatic carbocycles. The van der Waals surface area contributed by atoms with Gasteiger partial charge in [0.2, 0.25) is 0 Å². The van der Waals surface area contributed by atoms with Gasteiger partial charge in [0.15, 0.2) is 0 Å². The van der Waals surface area contributed by atoms with Gasteiger partial charge in [-0.3, -0.25) is 0 Å². The lowest BCUT2D eigenvalue weighted by Crippen LogP contribution is -2.11. The van der Waals surface area contributed by atoms with Crippen LogP contribution in [0.5, 0.6) is 0 Å². The van der Waals surface area contributed by atoms with Crippen LogP contribution in [0.25, 0.3) is 0 Å². The molecule has 0 saturated heterocycles. The van der Waals surface area contributed by atoms with E-state index in [9.17, 15) is 0 Å². The average molecular weight is 216 g/mol.